The van der Waals surface area contributed by atoms with Gasteiger partial charge in [-0.2, -0.15) is 0 Å². The van der Waals surface area contributed by atoms with Gasteiger partial charge in [-0.1, -0.05) is 30.3 Å². The van der Waals surface area contributed by atoms with Crippen molar-refractivity contribution in [1.29, 1.82) is 0 Å². The number of para-hydroxylation sites is 1. The molecule has 5 nitrogen and oxygen atoms in total. The summed E-state index contributed by atoms with van der Waals surface area (Å²) in [7, 11) is 1.70. The highest BCUT2D eigenvalue weighted by atomic mass is 16.5. The number of hydrogen-bond donors (Lipinski definition) is 0. The molecule has 0 N–H and O–H groups in total. The maximum Gasteiger partial charge on any atom is 0.145 e. The van der Waals surface area contributed by atoms with Gasteiger partial charge in [0.1, 0.15) is 17.2 Å². The zero-order valence-electron chi connectivity index (χ0n) is 16.8. The molecule has 1 saturated heterocycles. The van der Waals surface area contributed by atoms with Crippen LogP contribution in [0.1, 0.15) is 11.1 Å². The Morgan fingerprint density at radius 1 is 0.793 bits per heavy atom. The van der Waals surface area contributed by atoms with Crippen LogP contribution in [0.25, 0.3) is 0 Å². The predicted molar refractivity (Wildman–Crippen MR) is 114 cm³/mol. The van der Waals surface area contributed by atoms with E-state index < -0.39 is 0 Å². The monoisotopic (exact) mass is 389 g/mol. The third-order valence-electron chi connectivity index (χ3n) is 5.26. The molecule has 0 radical (unpaired) electrons. The van der Waals surface area contributed by atoms with Crippen molar-refractivity contribution >= 4 is 0 Å². The first-order valence-electron chi connectivity index (χ1n) is 10.0. The first-order chi connectivity index (χ1) is 14.3. The van der Waals surface area contributed by atoms with Gasteiger partial charge in [-0.25, -0.2) is 0 Å². The van der Waals surface area contributed by atoms with E-state index in [4.69, 9.17) is 9.47 Å². The minimum atomic E-state index is 0.768. The lowest BCUT2D eigenvalue weighted by molar-refractivity contribution is 0.121. The van der Waals surface area contributed by atoms with E-state index in [9.17, 15) is 0 Å². The van der Waals surface area contributed by atoms with Crippen LogP contribution in [0.4, 0.5) is 0 Å². The lowest BCUT2D eigenvalue weighted by atomic mass is 10.1. The molecule has 0 bridgehead atoms. The minimum absolute atomic E-state index is 0.768. The van der Waals surface area contributed by atoms with Gasteiger partial charge in [0, 0.05) is 51.0 Å². The molecule has 1 aliphatic rings. The fourth-order valence-corrected chi connectivity index (χ4v) is 3.60. The molecular formula is C24H27N3O2. The number of pyridine rings is 1. The van der Waals surface area contributed by atoms with Crippen LogP contribution in [0.2, 0.25) is 0 Å². The van der Waals surface area contributed by atoms with Gasteiger partial charge in [-0.05, 0) is 35.9 Å². The van der Waals surface area contributed by atoms with Gasteiger partial charge in [-0.15, -0.1) is 0 Å². The van der Waals surface area contributed by atoms with E-state index in [2.05, 4.69) is 39.0 Å². The van der Waals surface area contributed by atoms with Crippen molar-refractivity contribution in [2.45, 2.75) is 13.1 Å². The molecule has 0 atom stereocenters. The standard InChI is InChI=1S/C24H27N3O2/c1-28-22-10-8-20(9-11-22)18-26-13-15-27(16-14-26)19-21-5-2-3-7-24(21)29-23-6-4-12-25-17-23/h2-12,17H,13-16,18-19H2,1H3. The summed E-state index contributed by atoms with van der Waals surface area (Å²) in [6.07, 6.45) is 3.50. The molecule has 150 valence electrons. The molecule has 0 unspecified atom stereocenters. The highest BCUT2D eigenvalue weighted by Gasteiger charge is 2.18. The quantitative estimate of drug-likeness (QED) is 0.605. The third kappa shape index (κ3) is 5.34. The van der Waals surface area contributed by atoms with Gasteiger partial charge in [0.25, 0.3) is 0 Å². The zero-order valence-corrected chi connectivity index (χ0v) is 16.8. The van der Waals surface area contributed by atoms with Crippen LogP contribution in [-0.2, 0) is 13.1 Å². The predicted octanol–water partition coefficient (Wildman–Crippen LogP) is 4.20. The second-order valence-electron chi connectivity index (χ2n) is 7.30. The summed E-state index contributed by atoms with van der Waals surface area (Å²) < 4.78 is 11.3. The number of aromatic nitrogens is 1. The molecule has 29 heavy (non-hydrogen) atoms. The van der Waals surface area contributed by atoms with Crippen LogP contribution in [0.3, 0.4) is 0 Å². The van der Waals surface area contributed by atoms with Crippen molar-refractivity contribution in [3.63, 3.8) is 0 Å². The Kier molecular flexibility index (Phi) is 6.39. The minimum Gasteiger partial charge on any atom is -0.497 e. The lowest BCUT2D eigenvalue weighted by Crippen LogP contribution is -2.45. The van der Waals surface area contributed by atoms with Crippen LogP contribution >= 0.6 is 0 Å². The Balaban J connectivity index is 1.31. The topological polar surface area (TPSA) is 37.8 Å². The van der Waals surface area contributed by atoms with Crippen molar-refractivity contribution in [3.8, 4) is 17.2 Å². The number of rotatable bonds is 7. The number of hydrogen-bond acceptors (Lipinski definition) is 5. The normalized spacial score (nSPS) is 15.2. The van der Waals surface area contributed by atoms with Crippen LogP contribution < -0.4 is 9.47 Å². The third-order valence-corrected chi connectivity index (χ3v) is 5.26. The Labute approximate surface area is 172 Å². The molecule has 2 aromatic carbocycles. The highest BCUT2D eigenvalue weighted by Crippen LogP contribution is 2.26. The van der Waals surface area contributed by atoms with Gasteiger partial charge in [0.2, 0.25) is 0 Å². The van der Waals surface area contributed by atoms with Crippen LogP contribution in [0, 0.1) is 0 Å². The smallest absolute Gasteiger partial charge is 0.145 e. The van der Waals surface area contributed by atoms with Crippen LogP contribution in [-0.4, -0.2) is 48.1 Å². The largest absolute Gasteiger partial charge is 0.497 e. The molecule has 4 rings (SSSR count). The summed E-state index contributed by atoms with van der Waals surface area (Å²) >= 11 is 0. The number of nitrogens with zero attached hydrogens (tertiary/aromatic N) is 3. The summed E-state index contributed by atoms with van der Waals surface area (Å²) in [5, 5.41) is 0. The molecule has 1 aliphatic heterocycles. The van der Waals surface area contributed by atoms with Gasteiger partial charge in [0.05, 0.1) is 13.3 Å². The van der Waals surface area contributed by atoms with Crippen molar-refractivity contribution < 1.29 is 9.47 Å². The molecule has 5 heteroatoms. The molecule has 0 saturated carbocycles. The molecule has 0 amide bonds. The highest BCUT2D eigenvalue weighted by molar-refractivity contribution is 5.37. The molecule has 0 spiro atoms. The van der Waals surface area contributed by atoms with Gasteiger partial charge >= 0.3 is 0 Å². The number of benzene rings is 2. The first-order valence-corrected chi connectivity index (χ1v) is 10.0. The van der Waals surface area contributed by atoms with Crippen molar-refractivity contribution in [2.24, 2.45) is 0 Å². The van der Waals surface area contributed by atoms with Gasteiger partial charge in [0.15, 0.2) is 0 Å². The molecule has 1 aromatic heterocycles. The fraction of sp³-hybridized carbons (Fsp3) is 0.292. The lowest BCUT2D eigenvalue weighted by Gasteiger charge is -2.35. The van der Waals surface area contributed by atoms with E-state index in [1.807, 2.05) is 36.4 Å². The Hall–Kier alpha value is -2.89. The van der Waals surface area contributed by atoms with Crippen molar-refractivity contribution in [3.05, 3.63) is 84.2 Å². The van der Waals surface area contributed by atoms with E-state index in [0.29, 0.717) is 0 Å². The summed E-state index contributed by atoms with van der Waals surface area (Å²) in [5.41, 5.74) is 2.54. The molecule has 0 aliphatic carbocycles. The molecule has 2 heterocycles. The Morgan fingerprint density at radius 2 is 1.52 bits per heavy atom. The number of piperazine rings is 1. The van der Waals surface area contributed by atoms with Gasteiger partial charge in [-0.3, -0.25) is 14.8 Å². The van der Waals surface area contributed by atoms with E-state index in [1.54, 1.807) is 19.5 Å². The Morgan fingerprint density at radius 3 is 2.21 bits per heavy atom. The molecular weight excluding hydrogens is 362 g/mol. The summed E-state index contributed by atoms with van der Waals surface area (Å²) in [4.78, 5) is 9.14. The van der Waals surface area contributed by atoms with E-state index in [0.717, 1.165) is 56.5 Å². The van der Waals surface area contributed by atoms with E-state index in [1.165, 1.54) is 11.1 Å². The van der Waals surface area contributed by atoms with Crippen LogP contribution in [0.5, 0.6) is 17.2 Å². The summed E-state index contributed by atoms with van der Waals surface area (Å²) in [6, 6.07) is 20.5. The molecule has 1 fully saturated rings. The fourth-order valence-electron chi connectivity index (χ4n) is 3.60. The molecule has 3 aromatic rings. The van der Waals surface area contributed by atoms with E-state index >= 15 is 0 Å². The number of methoxy groups -OCH3 is 1. The zero-order chi connectivity index (χ0) is 19.9. The average Bonchev–Trinajstić information content (AvgIpc) is 2.78. The maximum atomic E-state index is 6.06. The average molecular weight is 389 g/mol. The second-order valence-corrected chi connectivity index (χ2v) is 7.30. The summed E-state index contributed by atoms with van der Waals surface area (Å²) in [6.45, 7) is 6.12. The Bertz CT molecular complexity index is 892. The first kappa shape index (κ1) is 19.4. The van der Waals surface area contributed by atoms with Crippen LogP contribution in [0.15, 0.2) is 73.1 Å². The van der Waals surface area contributed by atoms with E-state index in [-0.39, 0.29) is 0 Å². The summed E-state index contributed by atoms with van der Waals surface area (Å²) in [5.74, 6) is 2.58. The maximum absolute atomic E-state index is 6.06. The van der Waals surface area contributed by atoms with Crippen molar-refractivity contribution in [1.82, 2.24) is 14.8 Å². The van der Waals surface area contributed by atoms with Crippen molar-refractivity contribution in [2.75, 3.05) is 33.3 Å². The second kappa shape index (κ2) is 9.54. The van der Waals surface area contributed by atoms with Gasteiger partial charge < -0.3 is 9.47 Å². The number of ether oxygens (including phenoxy) is 2. The SMILES string of the molecule is COc1ccc(CN2CCN(Cc3ccccc3Oc3cccnc3)CC2)cc1.